The fourth-order valence-corrected chi connectivity index (χ4v) is 1.13. The van der Waals surface area contributed by atoms with E-state index in [9.17, 15) is 4.79 Å². The van der Waals surface area contributed by atoms with Crippen molar-refractivity contribution in [1.82, 2.24) is 0 Å². The molecule has 0 bridgehead atoms. The molecule has 0 saturated heterocycles. The van der Waals surface area contributed by atoms with E-state index in [-0.39, 0.29) is 5.57 Å². The van der Waals surface area contributed by atoms with E-state index in [4.69, 9.17) is 10.8 Å². The van der Waals surface area contributed by atoms with Gasteiger partial charge in [0, 0.05) is 5.70 Å². The fraction of sp³-hybridized carbons (Fsp3) is 0.0833. The van der Waals surface area contributed by atoms with Gasteiger partial charge in [-0.1, -0.05) is 24.8 Å². The van der Waals surface area contributed by atoms with Gasteiger partial charge in [0.25, 0.3) is 0 Å². The van der Waals surface area contributed by atoms with Crippen LogP contribution in [0, 0.1) is 0 Å². The summed E-state index contributed by atoms with van der Waals surface area (Å²) in [5.74, 6) is -0.940. The summed E-state index contributed by atoms with van der Waals surface area (Å²) in [6, 6.07) is 0. The summed E-state index contributed by atoms with van der Waals surface area (Å²) >= 11 is 0. The van der Waals surface area contributed by atoms with Gasteiger partial charge in [0.1, 0.15) is 0 Å². The average Bonchev–Trinajstić information content (AvgIpc) is 2.15. The number of aliphatic carboxylic acids is 1. The third kappa shape index (κ3) is 3.68. The van der Waals surface area contributed by atoms with E-state index in [1.165, 1.54) is 6.08 Å². The van der Waals surface area contributed by atoms with Gasteiger partial charge < -0.3 is 10.8 Å². The molecule has 0 aromatic rings. The minimum atomic E-state index is -0.940. The number of allylic oxidation sites excluding steroid dienone is 6. The van der Waals surface area contributed by atoms with Crippen LogP contribution in [0.4, 0.5) is 0 Å². The molecule has 0 unspecified atom stereocenters. The van der Waals surface area contributed by atoms with Crippen molar-refractivity contribution >= 4 is 5.97 Å². The Bertz CT molecular complexity index is 398. The molecule has 0 aromatic heterocycles. The van der Waals surface area contributed by atoms with Crippen LogP contribution in [-0.4, -0.2) is 11.1 Å². The van der Waals surface area contributed by atoms with Crippen molar-refractivity contribution in [1.29, 1.82) is 0 Å². The number of nitrogens with two attached hydrogens (primary N) is 1. The van der Waals surface area contributed by atoms with Crippen molar-refractivity contribution in [2.75, 3.05) is 0 Å². The molecule has 0 spiro atoms. The Morgan fingerprint density at radius 1 is 1.40 bits per heavy atom. The van der Waals surface area contributed by atoms with Crippen molar-refractivity contribution in [2.24, 2.45) is 5.73 Å². The number of hydrogen-bond donors (Lipinski definition) is 2. The van der Waals surface area contributed by atoms with Crippen LogP contribution in [0.2, 0.25) is 0 Å². The van der Waals surface area contributed by atoms with Crippen molar-refractivity contribution < 1.29 is 9.90 Å². The highest BCUT2D eigenvalue weighted by atomic mass is 16.4. The van der Waals surface area contributed by atoms with Gasteiger partial charge in [0.15, 0.2) is 0 Å². The molecule has 0 saturated carbocycles. The number of carboxylic acids is 1. The van der Waals surface area contributed by atoms with Crippen LogP contribution in [0.5, 0.6) is 0 Å². The highest BCUT2D eigenvalue weighted by molar-refractivity contribution is 5.90. The van der Waals surface area contributed by atoms with Crippen LogP contribution in [0.25, 0.3) is 0 Å². The molecule has 0 aliphatic heterocycles. The van der Waals surface area contributed by atoms with Gasteiger partial charge >= 0.3 is 5.97 Å². The zero-order valence-electron chi connectivity index (χ0n) is 8.31. The van der Waals surface area contributed by atoms with E-state index in [1.807, 2.05) is 0 Å². The van der Waals surface area contributed by atoms with Crippen molar-refractivity contribution in [3.05, 3.63) is 59.9 Å². The van der Waals surface area contributed by atoms with Gasteiger partial charge in [0.2, 0.25) is 0 Å². The molecule has 78 valence electrons. The Kier molecular flexibility index (Phi) is 3.68. The van der Waals surface area contributed by atoms with Crippen LogP contribution in [0.1, 0.15) is 6.42 Å². The molecule has 1 aliphatic carbocycles. The standard InChI is InChI=1S/C12H13NO2/c1-9-6-7-10(12(14)15)4-2-3-5-11(13)8-9/h3-8H,1-2,13H2,(H,14,15)/b5-3-,7-6-,10-4+,11-8?. The predicted octanol–water partition coefficient (Wildman–Crippen LogP) is 1.91. The number of carboxylic acid groups (broad SMARTS) is 1. The summed E-state index contributed by atoms with van der Waals surface area (Å²) < 4.78 is 0. The number of carbonyl (C=O) groups is 1. The Hall–Kier alpha value is -2.03. The van der Waals surface area contributed by atoms with Gasteiger partial charge in [-0.05, 0) is 30.2 Å². The summed E-state index contributed by atoms with van der Waals surface area (Å²) in [6.07, 6.45) is 10.6. The SMILES string of the molecule is C=C1C=C(N)/C=C\C/C=C(C(=O)O)\C=C/1. The highest BCUT2D eigenvalue weighted by Crippen LogP contribution is 2.08. The van der Waals surface area contributed by atoms with Crippen LogP contribution in [-0.2, 0) is 4.79 Å². The second-order valence-corrected chi connectivity index (χ2v) is 3.16. The monoisotopic (exact) mass is 203 g/mol. The molecule has 3 N–H and O–H groups in total. The topological polar surface area (TPSA) is 63.3 Å². The first-order chi connectivity index (χ1) is 7.09. The van der Waals surface area contributed by atoms with E-state index in [0.29, 0.717) is 17.7 Å². The lowest BCUT2D eigenvalue weighted by molar-refractivity contribution is -0.132. The Morgan fingerprint density at radius 2 is 2.13 bits per heavy atom. The summed E-state index contributed by atoms with van der Waals surface area (Å²) in [5.41, 5.74) is 7.19. The normalized spacial score (nSPS) is 24.7. The highest BCUT2D eigenvalue weighted by Gasteiger charge is 2.01. The van der Waals surface area contributed by atoms with Crippen molar-refractivity contribution in [3.63, 3.8) is 0 Å². The molecule has 1 aliphatic rings. The average molecular weight is 203 g/mol. The molecular formula is C12H13NO2. The number of rotatable bonds is 1. The van der Waals surface area contributed by atoms with Crippen molar-refractivity contribution in [3.8, 4) is 0 Å². The Labute approximate surface area is 88.6 Å². The first-order valence-corrected chi connectivity index (χ1v) is 4.54. The predicted molar refractivity (Wildman–Crippen MR) is 60.0 cm³/mol. The van der Waals surface area contributed by atoms with E-state index < -0.39 is 5.97 Å². The van der Waals surface area contributed by atoms with Crippen molar-refractivity contribution in [2.45, 2.75) is 6.42 Å². The summed E-state index contributed by atoms with van der Waals surface area (Å²) in [4.78, 5) is 10.8. The van der Waals surface area contributed by atoms with E-state index in [1.54, 1.807) is 30.4 Å². The maximum atomic E-state index is 10.8. The summed E-state index contributed by atoms with van der Waals surface area (Å²) in [6.45, 7) is 3.74. The maximum Gasteiger partial charge on any atom is 0.335 e. The first kappa shape index (κ1) is 11.0. The van der Waals surface area contributed by atoms with Crippen LogP contribution < -0.4 is 5.73 Å². The molecule has 3 nitrogen and oxygen atoms in total. The van der Waals surface area contributed by atoms with Crippen LogP contribution >= 0.6 is 0 Å². The quantitative estimate of drug-likeness (QED) is 0.684. The van der Waals surface area contributed by atoms with E-state index >= 15 is 0 Å². The lowest BCUT2D eigenvalue weighted by Gasteiger charge is -1.98. The zero-order chi connectivity index (χ0) is 11.3. The molecular weight excluding hydrogens is 190 g/mol. The third-order valence-corrected chi connectivity index (χ3v) is 1.86. The lowest BCUT2D eigenvalue weighted by Crippen LogP contribution is -1.98. The number of hydrogen-bond acceptors (Lipinski definition) is 2. The second kappa shape index (κ2) is 5.00. The Morgan fingerprint density at radius 3 is 2.80 bits per heavy atom. The Balaban J connectivity index is 2.98. The molecule has 15 heavy (non-hydrogen) atoms. The van der Waals surface area contributed by atoms with Gasteiger partial charge in [-0.15, -0.1) is 0 Å². The smallest absolute Gasteiger partial charge is 0.335 e. The van der Waals surface area contributed by atoms with Crippen LogP contribution in [0.3, 0.4) is 0 Å². The molecule has 0 fully saturated rings. The third-order valence-electron chi connectivity index (χ3n) is 1.86. The second-order valence-electron chi connectivity index (χ2n) is 3.16. The minimum absolute atomic E-state index is 0.259. The molecule has 3 heteroatoms. The maximum absolute atomic E-state index is 10.8. The largest absolute Gasteiger partial charge is 0.478 e. The summed E-state index contributed by atoms with van der Waals surface area (Å²) in [7, 11) is 0. The van der Waals surface area contributed by atoms with E-state index in [0.717, 1.165) is 0 Å². The van der Waals surface area contributed by atoms with Gasteiger partial charge in [-0.3, -0.25) is 0 Å². The molecule has 0 heterocycles. The van der Waals surface area contributed by atoms with Gasteiger partial charge in [0.05, 0.1) is 5.57 Å². The molecule has 0 amide bonds. The molecule has 0 atom stereocenters. The molecule has 1 rings (SSSR count). The zero-order valence-corrected chi connectivity index (χ0v) is 8.31. The van der Waals surface area contributed by atoms with E-state index in [2.05, 4.69) is 6.58 Å². The first-order valence-electron chi connectivity index (χ1n) is 4.54. The molecule has 0 aromatic carbocycles. The molecule has 0 radical (unpaired) electrons. The van der Waals surface area contributed by atoms with Gasteiger partial charge in [-0.25, -0.2) is 4.79 Å². The minimum Gasteiger partial charge on any atom is -0.478 e. The summed E-state index contributed by atoms with van der Waals surface area (Å²) in [5, 5.41) is 8.84. The van der Waals surface area contributed by atoms with Gasteiger partial charge in [-0.2, -0.15) is 0 Å². The fourth-order valence-electron chi connectivity index (χ4n) is 1.13. The van der Waals surface area contributed by atoms with Crippen LogP contribution in [0.15, 0.2) is 59.9 Å². The lowest BCUT2D eigenvalue weighted by atomic mass is 10.1.